The SMILES string of the molecule is C=Cc1ccc(C2O[C@@H](Cn3c4nc(=O)[nH]c(=O)c-4nc4cc(C)c(C)cc43)[C@H](O)[C@@H](CO)O2)cc1. The fourth-order valence-electron chi connectivity index (χ4n) is 4.41. The van der Waals surface area contributed by atoms with Gasteiger partial charge in [0.15, 0.2) is 17.8 Å². The summed E-state index contributed by atoms with van der Waals surface area (Å²) in [5.74, 6) is 0.0780. The van der Waals surface area contributed by atoms with Crippen LogP contribution in [0.1, 0.15) is 28.5 Å². The Labute approximate surface area is 205 Å². The number of nitrogens with zero attached hydrogens (tertiary/aromatic N) is 3. The molecule has 3 aliphatic rings. The predicted molar refractivity (Wildman–Crippen MR) is 133 cm³/mol. The Hall–Kier alpha value is -3.70. The van der Waals surface area contributed by atoms with Crippen molar-refractivity contribution in [1.29, 1.82) is 0 Å². The van der Waals surface area contributed by atoms with Crippen molar-refractivity contribution in [2.45, 2.75) is 45.0 Å². The van der Waals surface area contributed by atoms with Crippen LogP contribution in [0.3, 0.4) is 0 Å². The molecule has 0 amide bonds. The molecule has 0 aromatic heterocycles. The van der Waals surface area contributed by atoms with Gasteiger partial charge in [0.1, 0.15) is 18.3 Å². The van der Waals surface area contributed by atoms with E-state index in [4.69, 9.17) is 9.47 Å². The van der Waals surface area contributed by atoms with Gasteiger partial charge in [-0.3, -0.25) is 9.78 Å². The molecule has 1 fully saturated rings. The zero-order valence-corrected chi connectivity index (χ0v) is 19.8. The van der Waals surface area contributed by atoms with Gasteiger partial charge < -0.3 is 24.3 Å². The number of hydrogen-bond donors (Lipinski definition) is 3. The molecule has 2 aromatic carbocycles. The molecular weight excluding hydrogens is 464 g/mol. The molecule has 186 valence electrons. The van der Waals surface area contributed by atoms with Crippen LogP contribution in [0.25, 0.3) is 28.6 Å². The molecule has 1 saturated heterocycles. The number of fused-ring (bicyclic) bond motifs is 2. The van der Waals surface area contributed by atoms with Crippen molar-refractivity contribution in [2.24, 2.45) is 0 Å². The minimum atomic E-state index is -1.19. The maximum Gasteiger partial charge on any atom is 0.349 e. The van der Waals surface area contributed by atoms with Crippen LogP contribution in [0.15, 0.2) is 52.6 Å². The summed E-state index contributed by atoms with van der Waals surface area (Å²) < 4.78 is 13.7. The smallest absolute Gasteiger partial charge is 0.349 e. The quantitative estimate of drug-likeness (QED) is 0.359. The Kier molecular flexibility index (Phi) is 6.27. The lowest BCUT2D eigenvalue weighted by Gasteiger charge is -2.39. The third kappa shape index (κ3) is 4.24. The number of rotatable bonds is 5. The second-order valence-corrected chi connectivity index (χ2v) is 8.92. The molecule has 5 rings (SSSR count). The van der Waals surface area contributed by atoms with Crippen LogP contribution in [0.4, 0.5) is 0 Å². The minimum absolute atomic E-state index is 0.00201. The van der Waals surface area contributed by atoms with Gasteiger partial charge in [-0.25, -0.2) is 9.78 Å². The van der Waals surface area contributed by atoms with Crippen molar-refractivity contribution in [2.75, 3.05) is 6.61 Å². The van der Waals surface area contributed by atoms with Gasteiger partial charge in [0.2, 0.25) is 0 Å². The standard InChI is InChI=1S/C26H26N4O6/c1-4-15-5-7-16(8-6-15)25-35-19(22(32)20(12-31)36-25)11-30-18-10-14(3)13(2)9-17(18)27-21-23(30)28-26(34)29-24(21)33/h4-10,19-20,22,25,31-32H,1,11-12H2,2-3H3,(H,29,33,34)/t19-,20+,22-,25?/m0/s1. The highest BCUT2D eigenvalue weighted by Crippen LogP contribution is 2.33. The summed E-state index contributed by atoms with van der Waals surface area (Å²) in [6, 6.07) is 11.1. The third-order valence-corrected chi connectivity index (χ3v) is 6.57. The Morgan fingerprint density at radius 1 is 1.08 bits per heavy atom. The first-order chi connectivity index (χ1) is 17.3. The zero-order chi connectivity index (χ0) is 25.6. The van der Waals surface area contributed by atoms with E-state index in [0.717, 1.165) is 16.7 Å². The Bertz CT molecular complexity index is 1530. The first kappa shape index (κ1) is 24.0. The summed E-state index contributed by atoms with van der Waals surface area (Å²) in [6.45, 7) is 7.23. The van der Waals surface area contributed by atoms with Crippen molar-refractivity contribution in [3.8, 4) is 11.5 Å². The summed E-state index contributed by atoms with van der Waals surface area (Å²) >= 11 is 0. The molecule has 1 unspecified atom stereocenters. The summed E-state index contributed by atoms with van der Waals surface area (Å²) in [4.78, 5) is 35.3. The molecule has 0 radical (unpaired) electrons. The number of aliphatic hydroxyl groups is 2. The fraction of sp³-hybridized carbons (Fsp3) is 0.308. The van der Waals surface area contributed by atoms with Crippen LogP contribution >= 0.6 is 0 Å². The minimum Gasteiger partial charge on any atom is -0.394 e. The van der Waals surface area contributed by atoms with Crippen LogP contribution in [0, 0.1) is 13.8 Å². The Morgan fingerprint density at radius 2 is 1.78 bits per heavy atom. The predicted octanol–water partition coefficient (Wildman–Crippen LogP) is 1.68. The number of aromatic amines is 1. The van der Waals surface area contributed by atoms with Gasteiger partial charge >= 0.3 is 5.69 Å². The van der Waals surface area contributed by atoms with E-state index in [2.05, 4.69) is 21.5 Å². The lowest BCUT2D eigenvalue weighted by molar-refractivity contribution is -0.296. The molecule has 2 aromatic rings. The highest BCUT2D eigenvalue weighted by atomic mass is 16.7. The van der Waals surface area contributed by atoms with Gasteiger partial charge in [0, 0.05) is 5.56 Å². The van der Waals surface area contributed by atoms with E-state index in [1.807, 2.05) is 50.2 Å². The molecule has 36 heavy (non-hydrogen) atoms. The first-order valence-corrected chi connectivity index (χ1v) is 11.5. The van der Waals surface area contributed by atoms with Gasteiger partial charge in [0.25, 0.3) is 5.56 Å². The normalized spacial score (nSPS) is 22.2. The van der Waals surface area contributed by atoms with E-state index in [1.54, 1.807) is 10.6 Å². The number of nitrogens with one attached hydrogen (secondary N) is 1. The summed E-state index contributed by atoms with van der Waals surface area (Å²) in [5, 5.41) is 20.9. The van der Waals surface area contributed by atoms with E-state index < -0.39 is 42.5 Å². The number of aryl methyl sites for hydroxylation is 2. The molecule has 3 aliphatic heterocycles. The summed E-state index contributed by atoms with van der Waals surface area (Å²) in [7, 11) is 0. The first-order valence-electron chi connectivity index (χ1n) is 11.5. The monoisotopic (exact) mass is 490 g/mol. The van der Waals surface area contributed by atoms with E-state index in [0.29, 0.717) is 16.6 Å². The number of aliphatic hydroxyl groups excluding tert-OH is 2. The topological polar surface area (TPSA) is 140 Å². The fourth-order valence-corrected chi connectivity index (χ4v) is 4.41. The molecule has 3 N–H and O–H groups in total. The molecule has 0 aliphatic carbocycles. The van der Waals surface area contributed by atoms with E-state index in [1.165, 1.54) is 0 Å². The van der Waals surface area contributed by atoms with E-state index >= 15 is 0 Å². The zero-order valence-electron chi connectivity index (χ0n) is 19.8. The van der Waals surface area contributed by atoms with Gasteiger partial charge in [-0.15, -0.1) is 0 Å². The van der Waals surface area contributed by atoms with Crippen molar-refractivity contribution in [1.82, 2.24) is 19.5 Å². The Balaban J connectivity index is 1.62. The van der Waals surface area contributed by atoms with Crippen LogP contribution in [0.2, 0.25) is 0 Å². The number of aromatic nitrogens is 4. The van der Waals surface area contributed by atoms with E-state index in [-0.39, 0.29) is 18.1 Å². The highest BCUT2D eigenvalue weighted by molar-refractivity contribution is 5.81. The molecule has 3 heterocycles. The van der Waals surface area contributed by atoms with Crippen LogP contribution < -0.4 is 11.2 Å². The van der Waals surface area contributed by atoms with Gasteiger partial charge in [-0.1, -0.05) is 36.9 Å². The molecule has 4 atom stereocenters. The number of H-pyrrole nitrogens is 1. The maximum absolute atomic E-state index is 12.6. The van der Waals surface area contributed by atoms with Crippen molar-refractivity contribution in [3.05, 3.63) is 86.1 Å². The molecule has 0 spiro atoms. The summed E-state index contributed by atoms with van der Waals surface area (Å²) in [6.07, 6.45) is -2.11. The average molecular weight is 491 g/mol. The maximum atomic E-state index is 12.6. The van der Waals surface area contributed by atoms with Crippen molar-refractivity contribution in [3.63, 3.8) is 0 Å². The number of ether oxygens (including phenoxy) is 2. The molecule has 10 nitrogen and oxygen atoms in total. The second-order valence-electron chi connectivity index (χ2n) is 8.92. The molecule has 0 bridgehead atoms. The van der Waals surface area contributed by atoms with Gasteiger partial charge in [0.05, 0.1) is 24.2 Å². The average Bonchev–Trinajstić information content (AvgIpc) is 2.86. The highest BCUT2D eigenvalue weighted by Gasteiger charge is 2.39. The number of hydrogen-bond acceptors (Lipinski definition) is 8. The number of benzene rings is 2. The largest absolute Gasteiger partial charge is 0.394 e. The van der Waals surface area contributed by atoms with Gasteiger partial charge in [-0.05, 0) is 42.7 Å². The van der Waals surface area contributed by atoms with Crippen LogP contribution in [-0.2, 0) is 16.0 Å². The Morgan fingerprint density at radius 3 is 2.47 bits per heavy atom. The molecular formula is C26H26N4O6. The summed E-state index contributed by atoms with van der Waals surface area (Å²) in [5.41, 5.74) is 3.30. The lowest BCUT2D eigenvalue weighted by atomic mass is 10.0. The van der Waals surface area contributed by atoms with Crippen LogP contribution in [0.5, 0.6) is 0 Å². The van der Waals surface area contributed by atoms with E-state index in [9.17, 15) is 19.8 Å². The van der Waals surface area contributed by atoms with Crippen molar-refractivity contribution >= 4 is 17.1 Å². The molecule has 10 heteroatoms. The second kappa shape index (κ2) is 9.40. The molecule has 0 saturated carbocycles. The van der Waals surface area contributed by atoms with Crippen molar-refractivity contribution < 1.29 is 19.7 Å². The van der Waals surface area contributed by atoms with Crippen LogP contribution in [-0.4, -0.2) is 54.7 Å². The third-order valence-electron chi connectivity index (χ3n) is 6.57. The van der Waals surface area contributed by atoms with Gasteiger partial charge in [-0.2, -0.15) is 4.98 Å². The lowest BCUT2D eigenvalue weighted by Crippen LogP contribution is -2.50.